The first-order valence-corrected chi connectivity index (χ1v) is 9.67. The number of piperazine rings is 1. The summed E-state index contributed by atoms with van der Waals surface area (Å²) in [6, 6.07) is 5.89. The van der Waals surface area contributed by atoms with Crippen molar-refractivity contribution in [1.29, 1.82) is 0 Å². The molecule has 1 aromatic carbocycles. The summed E-state index contributed by atoms with van der Waals surface area (Å²) in [5.41, 5.74) is 0.388. The zero-order chi connectivity index (χ0) is 18.4. The fourth-order valence-electron chi connectivity index (χ4n) is 2.52. The van der Waals surface area contributed by atoms with Crippen molar-refractivity contribution in [2.24, 2.45) is 0 Å². The van der Waals surface area contributed by atoms with Gasteiger partial charge in [-0.3, -0.25) is 9.59 Å². The molecule has 1 heterocycles. The van der Waals surface area contributed by atoms with Crippen molar-refractivity contribution in [1.82, 2.24) is 20.3 Å². The monoisotopic (exact) mass is 404 g/mol. The number of likely N-dealkylation sites (N-methyl/N-ethyl adjacent to an activating group) is 1. The molecular weight excluding hydrogens is 380 g/mol. The van der Waals surface area contributed by atoms with Crippen LogP contribution in [0.15, 0.2) is 29.2 Å². The molecule has 3 N–H and O–H groups in total. The molecule has 10 heteroatoms. The minimum atomic E-state index is -3.74. The number of hydrogen-bond acceptors (Lipinski definition) is 5. The summed E-state index contributed by atoms with van der Waals surface area (Å²) in [6.45, 7) is 5.60. The third kappa shape index (κ3) is 5.66. The van der Waals surface area contributed by atoms with Crippen molar-refractivity contribution in [2.45, 2.75) is 24.8 Å². The van der Waals surface area contributed by atoms with Crippen molar-refractivity contribution in [2.75, 3.05) is 32.7 Å². The second kappa shape index (κ2) is 9.86. The van der Waals surface area contributed by atoms with Crippen LogP contribution in [-0.4, -0.2) is 63.3 Å². The van der Waals surface area contributed by atoms with E-state index in [9.17, 15) is 18.0 Å². The highest BCUT2D eigenvalue weighted by atomic mass is 35.5. The molecule has 0 saturated carbocycles. The van der Waals surface area contributed by atoms with Gasteiger partial charge < -0.3 is 16.0 Å². The van der Waals surface area contributed by atoms with E-state index in [1.165, 1.54) is 24.3 Å². The predicted molar refractivity (Wildman–Crippen MR) is 101 cm³/mol. The molecule has 26 heavy (non-hydrogen) atoms. The van der Waals surface area contributed by atoms with Crippen LogP contribution in [0, 0.1) is 0 Å². The lowest BCUT2D eigenvalue weighted by molar-refractivity contribution is -0.122. The Labute approximate surface area is 160 Å². The first kappa shape index (κ1) is 22.4. The summed E-state index contributed by atoms with van der Waals surface area (Å²) >= 11 is 0. The molecule has 0 bridgehead atoms. The highest BCUT2D eigenvalue weighted by Crippen LogP contribution is 2.17. The van der Waals surface area contributed by atoms with Gasteiger partial charge in [-0.1, -0.05) is 6.92 Å². The van der Waals surface area contributed by atoms with Crippen LogP contribution in [0.2, 0.25) is 0 Å². The number of halogens is 1. The Hall–Kier alpha value is -1.68. The highest BCUT2D eigenvalue weighted by Gasteiger charge is 2.29. The molecule has 0 aliphatic carbocycles. The Kier molecular flexibility index (Phi) is 8.48. The normalized spacial score (nSPS) is 16.3. The zero-order valence-corrected chi connectivity index (χ0v) is 16.5. The molecule has 1 atom stereocenters. The van der Waals surface area contributed by atoms with Crippen LogP contribution in [0.4, 0.5) is 0 Å². The van der Waals surface area contributed by atoms with Crippen LogP contribution >= 0.6 is 12.4 Å². The number of rotatable bonds is 7. The number of benzene rings is 1. The van der Waals surface area contributed by atoms with Gasteiger partial charge in [0.05, 0.1) is 11.4 Å². The van der Waals surface area contributed by atoms with Gasteiger partial charge in [0.1, 0.15) is 0 Å². The van der Waals surface area contributed by atoms with Gasteiger partial charge in [0.2, 0.25) is 15.9 Å². The van der Waals surface area contributed by atoms with Gasteiger partial charge in [-0.25, -0.2) is 8.42 Å². The molecule has 0 radical (unpaired) electrons. The van der Waals surface area contributed by atoms with E-state index in [2.05, 4.69) is 16.0 Å². The maximum Gasteiger partial charge on any atom is 0.251 e. The standard InChI is InChI=1S/C16H24N4O4S.ClH/c1-3-17-12(2)10-19-16(22)13-4-6-14(7-5-13)25(23,24)20-9-8-18-15(21)11-20;/h4-7,12,17H,3,8-11H2,1-2H3,(H,18,21)(H,19,22);1H/t12-;/m1./s1. The smallest absolute Gasteiger partial charge is 0.251 e. The predicted octanol–water partition coefficient (Wildman–Crippen LogP) is -0.0433. The van der Waals surface area contributed by atoms with E-state index in [0.717, 1.165) is 10.8 Å². The lowest BCUT2D eigenvalue weighted by Gasteiger charge is -2.25. The number of hydrogen-bond donors (Lipinski definition) is 3. The SMILES string of the molecule is CCN[C@H](C)CNC(=O)c1ccc(S(=O)(=O)N2CCNC(=O)C2)cc1.Cl. The lowest BCUT2D eigenvalue weighted by Crippen LogP contribution is -2.49. The number of nitrogens with one attached hydrogen (secondary N) is 3. The molecule has 1 aliphatic rings. The molecule has 0 aromatic heterocycles. The fourth-order valence-corrected chi connectivity index (χ4v) is 3.91. The topological polar surface area (TPSA) is 108 Å². The molecule has 1 aliphatic heterocycles. The van der Waals surface area contributed by atoms with Crippen molar-refractivity contribution in [3.05, 3.63) is 29.8 Å². The Morgan fingerprint density at radius 3 is 2.54 bits per heavy atom. The van der Waals surface area contributed by atoms with Gasteiger partial charge in [0.25, 0.3) is 5.91 Å². The van der Waals surface area contributed by atoms with Crippen molar-refractivity contribution in [3.8, 4) is 0 Å². The van der Waals surface area contributed by atoms with E-state index in [4.69, 9.17) is 0 Å². The third-order valence-electron chi connectivity index (χ3n) is 3.88. The maximum absolute atomic E-state index is 12.5. The number of nitrogens with zero attached hydrogens (tertiary/aromatic N) is 1. The molecule has 1 aromatic rings. The quantitative estimate of drug-likeness (QED) is 0.591. The van der Waals surface area contributed by atoms with E-state index in [1.807, 2.05) is 13.8 Å². The summed E-state index contributed by atoms with van der Waals surface area (Å²) in [5, 5.41) is 8.57. The summed E-state index contributed by atoms with van der Waals surface area (Å²) < 4.78 is 26.2. The van der Waals surface area contributed by atoms with Crippen LogP contribution < -0.4 is 16.0 Å². The number of carbonyl (C=O) groups is 2. The van der Waals surface area contributed by atoms with Crippen molar-refractivity contribution >= 4 is 34.2 Å². The molecule has 2 amide bonds. The number of sulfonamides is 1. The second-order valence-electron chi connectivity index (χ2n) is 5.88. The molecule has 0 unspecified atom stereocenters. The summed E-state index contributed by atoms with van der Waals surface area (Å²) in [4.78, 5) is 23.6. The molecule has 2 rings (SSSR count). The Bertz CT molecular complexity index is 724. The Morgan fingerprint density at radius 1 is 1.31 bits per heavy atom. The summed E-state index contributed by atoms with van der Waals surface area (Å²) in [6.07, 6.45) is 0. The van der Waals surface area contributed by atoms with Gasteiger partial charge in [-0.05, 0) is 37.7 Å². The summed E-state index contributed by atoms with van der Waals surface area (Å²) in [5.74, 6) is -0.577. The van der Waals surface area contributed by atoms with Gasteiger partial charge in [-0.15, -0.1) is 12.4 Å². The Balaban J connectivity index is 0.00000338. The fraction of sp³-hybridized carbons (Fsp3) is 0.500. The molecule has 1 fully saturated rings. The number of carbonyl (C=O) groups excluding carboxylic acids is 2. The van der Waals surface area contributed by atoms with E-state index < -0.39 is 10.0 Å². The Morgan fingerprint density at radius 2 is 1.96 bits per heavy atom. The van der Waals surface area contributed by atoms with Gasteiger partial charge in [0, 0.05) is 31.2 Å². The van der Waals surface area contributed by atoms with Gasteiger partial charge >= 0.3 is 0 Å². The van der Waals surface area contributed by atoms with Gasteiger partial charge in [-0.2, -0.15) is 4.31 Å². The second-order valence-corrected chi connectivity index (χ2v) is 7.82. The lowest BCUT2D eigenvalue weighted by atomic mass is 10.2. The van der Waals surface area contributed by atoms with Crippen LogP contribution in [-0.2, 0) is 14.8 Å². The minimum absolute atomic E-state index is 0. The van der Waals surface area contributed by atoms with E-state index in [1.54, 1.807) is 0 Å². The largest absolute Gasteiger partial charge is 0.354 e. The van der Waals surface area contributed by atoms with Crippen molar-refractivity contribution in [3.63, 3.8) is 0 Å². The molecule has 1 saturated heterocycles. The highest BCUT2D eigenvalue weighted by molar-refractivity contribution is 7.89. The number of amides is 2. The van der Waals surface area contributed by atoms with Crippen LogP contribution in [0.3, 0.4) is 0 Å². The van der Waals surface area contributed by atoms with E-state index in [-0.39, 0.29) is 48.2 Å². The molecular formula is C16H25ClN4O4S. The summed E-state index contributed by atoms with van der Waals surface area (Å²) in [7, 11) is -3.74. The third-order valence-corrected chi connectivity index (χ3v) is 5.74. The average Bonchev–Trinajstić information content (AvgIpc) is 2.60. The van der Waals surface area contributed by atoms with Crippen molar-refractivity contribution < 1.29 is 18.0 Å². The molecule has 0 spiro atoms. The van der Waals surface area contributed by atoms with Gasteiger partial charge in [0.15, 0.2) is 0 Å². The zero-order valence-electron chi connectivity index (χ0n) is 14.8. The van der Waals surface area contributed by atoms with Crippen LogP contribution in [0.25, 0.3) is 0 Å². The molecule has 8 nitrogen and oxygen atoms in total. The average molecular weight is 405 g/mol. The first-order valence-electron chi connectivity index (χ1n) is 8.23. The minimum Gasteiger partial charge on any atom is -0.354 e. The van der Waals surface area contributed by atoms with Crippen LogP contribution in [0.1, 0.15) is 24.2 Å². The first-order chi connectivity index (χ1) is 11.8. The van der Waals surface area contributed by atoms with E-state index >= 15 is 0 Å². The van der Waals surface area contributed by atoms with Crippen LogP contribution in [0.5, 0.6) is 0 Å². The maximum atomic E-state index is 12.5. The van der Waals surface area contributed by atoms with E-state index in [0.29, 0.717) is 18.7 Å². The molecule has 146 valence electrons.